The van der Waals surface area contributed by atoms with E-state index in [0.717, 1.165) is 12.2 Å². The van der Waals surface area contributed by atoms with Gasteiger partial charge in [0, 0.05) is 0 Å². The second-order valence-corrected chi connectivity index (χ2v) is 4.31. The summed E-state index contributed by atoms with van der Waals surface area (Å²) in [5.41, 5.74) is 8.75. The molecule has 3 heteroatoms. The van der Waals surface area contributed by atoms with E-state index in [9.17, 15) is 0 Å². The van der Waals surface area contributed by atoms with Crippen molar-refractivity contribution in [3.63, 3.8) is 0 Å². The van der Waals surface area contributed by atoms with Gasteiger partial charge < -0.3 is 5.73 Å². The zero-order valence-electron chi connectivity index (χ0n) is 9.13. The summed E-state index contributed by atoms with van der Waals surface area (Å²) in [5, 5.41) is 4.33. The normalized spacial score (nSPS) is 19.4. The van der Waals surface area contributed by atoms with E-state index in [0.29, 0.717) is 6.04 Å². The number of nitrogen functional groups attached to an aromatic ring is 1. The van der Waals surface area contributed by atoms with Gasteiger partial charge in [-0.15, -0.1) is 0 Å². The fraction of sp³-hybridized carbons (Fsp3) is 0.308. The Hall–Kier alpha value is -1.77. The lowest BCUT2D eigenvalue weighted by molar-refractivity contribution is 0.456. The molecule has 1 aliphatic carbocycles. The molecule has 0 saturated carbocycles. The van der Waals surface area contributed by atoms with E-state index >= 15 is 0 Å². The predicted octanol–water partition coefficient (Wildman–Crippen LogP) is 2.39. The fourth-order valence-corrected chi connectivity index (χ4v) is 2.57. The van der Waals surface area contributed by atoms with Gasteiger partial charge in [0.1, 0.15) is 5.82 Å². The topological polar surface area (TPSA) is 43.8 Å². The zero-order chi connectivity index (χ0) is 11.0. The van der Waals surface area contributed by atoms with Crippen LogP contribution in [0.5, 0.6) is 0 Å². The lowest BCUT2D eigenvalue weighted by Crippen LogP contribution is -2.19. The molecule has 1 aromatic heterocycles. The van der Waals surface area contributed by atoms with Crippen LogP contribution >= 0.6 is 0 Å². The highest BCUT2D eigenvalue weighted by Gasteiger charge is 2.22. The van der Waals surface area contributed by atoms with Gasteiger partial charge in [0.25, 0.3) is 0 Å². The highest BCUT2D eigenvalue weighted by molar-refractivity contribution is 5.36. The molecule has 1 aliphatic rings. The summed E-state index contributed by atoms with van der Waals surface area (Å²) >= 11 is 0. The van der Waals surface area contributed by atoms with Crippen LogP contribution in [0.1, 0.15) is 30.0 Å². The summed E-state index contributed by atoms with van der Waals surface area (Å²) in [6, 6.07) is 10.8. The van der Waals surface area contributed by atoms with Gasteiger partial charge in [-0.05, 0) is 36.5 Å². The van der Waals surface area contributed by atoms with Crippen LogP contribution in [0.15, 0.2) is 36.5 Å². The number of benzene rings is 1. The lowest BCUT2D eigenvalue weighted by Gasteiger charge is -2.26. The third-order valence-corrected chi connectivity index (χ3v) is 3.33. The number of nitrogens with two attached hydrogens (primary N) is 1. The average molecular weight is 213 g/mol. The SMILES string of the molecule is Nc1ccnn1[C@H]1CCCc2ccccc21. The number of anilines is 1. The van der Waals surface area contributed by atoms with Gasteiger partial charge >= 0.3 is 0 Å². The third kappa shape index (κ3) is 1.40. The second-order valence-electron chi connectivity index (χ2n) is 4.31. The van der Waals surface area contributed by atoms with E-state index in [1.165, 1.54) is 24.0 Å². The van der Waals surface area contributed by atoms with Crippen LogP contribution in [0.25, 0.3) is 0 Å². The molecule has 0 amide bonds. The smallest absolute Gasteiger partial charge is 0.122 e. The number of aromatic nitrogens is 2. The first-order chi connectivity index (χ1) is 7.86. The molecule has 1 heterocycles. The molecule has 0 saturated heterocycles. The number of hydrogen-bond acceptors (Lipinski definition) is 2. The Bertz CT molecular complexity index is 501. The summed E-state index contributed by atoms with van der Waals surface area (Å²) in [7, 11) is 0. The molecule has 2 aromatic rings. The first kappa shape index (κ1) is 9.46. The Labute approximate surface area is 94.9 Å². The first-order valence-electron chi connectivity index (χ1n) is 5.73. The molecule has 16 heavy (non-hydrogen) atoms. The van der Waals surface area contributed by atoms with Gasteiger partial charge in [-0.25, -0.2) is 4.68 Å². The Morgan fingerprint density at radius 3 is 2.94 bits per heavy atom. The van der Waals surface area contributed by atoms with E-state index < -0.39 is 0 Å². The molecule has 0 radical (unpaired) electrons. The van der Waals surface area contributed by atoms with E-state index in [1.807, 2.05) is 10.7 Å². The standard InChI is InChI=1S/C13H15N3/c14-13-8-9-15-16(13)12-7-3-5-10-4-1-2-6-11(10)12/h1-2,4,6,8-9,12H,3,5,7,14H2/t12-/m0/s1. The minimum absolute atomic E-state index is 0.319. The largest absolute Gasteiger partial charge is 0.384 e. The van der Waals surface area contributed by atoms with Crippen LogP contribution in [-0.4, -0.2) is 9.78 Å². The van der Waals surface area contributed by atoms with Crippen LogP contribution in [0.4, 0.5) is 5.82 Å². The monoisotopic (exact) mass is 213 g/mol. The van der Waals surface area contributed by atoms with Crippen LogP contribution < -0.4 is 5.73 Å². The maximum absolute atomic E-state index is 5.93. The van der Waals surface area contributed by atoms with E-state index in [2.05, 4.69) is 29.4 Å². The van der Waals surface area contributed by atoms with Crippen LogP contribution in [0.3, 0.4) is 0 Å². The van der Waals surface area contributed by atoms with Crippen molar-refractivity contribution < 1.29 is 0 Å². The van der Waals surface area contributed by atoms with Crippen LogP contribution in [-0.2, 0) is 6.42 Å². The zero-order valence-corrected chi connectivity index (χ0v) is 9.13. The number of rotatable bonds is 1. The summed E-state index contributed by atoms with van der Waals surface area (Å²) in [6.45, 7) is 0. The molecule has 0 aliphatic heterocycles. The Kier molecular flexibility index (Phi) is 2.17. The van der Waals surface area contributed by atoms with Crippen molar-refractivity contribution >= 4 is 5.82 Å². The predicted molar refractivity (Wildman–Crippen MR) is 64.2 cm³/mol. The maximum Gasteiger partial charge on any atom is 0.122 e. The minimum atomic E-state index is 0.319. The van der Waals surface area contributed by atoms with Gasteiger partial charge in [-0.2, -0.15) is 5.10 Å². The quantitative estimate of drug-likeness (QED) is 0.790. The molecule has 1 atom stereocenters. The van der Waals surface area contributed by atoms with Crippen molar-refractivity contribution in [3.05, 3.63) is 47.7 Å². The van der Waals surface area contributed by atoms with Crippen molar-refractivity contribution in [2.45, 2.75) is 25.3 Å². The Morgan fingerprint density at radius 1 is 1.25 bits per heavy atom. The van der Waals surface area contributed by atoms with E-state index in [1.54, 1.807) is 6.20 Å². The second kappa shape index (κ2) is 3.67. The number of aryl methyl sites for hydroxylation is 1. The van der Waals surface area contributed by atoms with Crippen molar-refractivity contribution in [3.8, 4) is 0 Å². The lowest BCUT2D eigenvalue weighted by atomic mass is 9.88. The molecule has 0 bridgehead atoms. The molecule has 0 spiro atoms. The number of hydrogen-bond donors (Lipinski definition) is 1. The van der Waals surface area contributed by atoms with Crippen LogP contribution in [0, 0.1) is 0 Å². The fourth-order valence-electron chi connectivity index (χ4n) is 2.57. The molecule has 2 N–H and O–H groups in total. The maximum atomic E-state index is 5.93. The highest BCUT2D eigenvalue weighted by Crippen LogP contribution is 2.33. The van der Waals surface area contributed by atoms with Crippen molar-refractivity contribution in [1.82, 2.24) is 9.78 Å². The summed E-state index contributed by atoms with van der Waals surface area (Å²) in [5.74, 6) is 0.752. The number of nitrogens with zero attached hydrogens (tertiary/aromatic N) is 2. The Balaban J connectivity index is 2.08. The van der Waals surface area contributed by atoms with Gasteiger partial charge in [0.05, 0.1) is 12.2 Å². The van der Waals surface area contributed by atoms with E-state index in [4.69, 9.17) is 5.73 Å². The van der Waals surface area contributed by atoms with Crippen molar-refractivity contribution in [2.75, 3.05) is 5.73 Å². The molecule has 1 aromatic carbocycles. The molecular formula is C13H15N3. The van der Waals surface area contributed by atoms with E-state index in [-0.39, 0.29) is 0 Å². The molecule has 3 rings (SSSR count). The summed E-state index contributed by atoms with van der Waals surface area (Å²) in [6.07, 6.45) is 5.28. The third-order valence-electron chi connectivity index (χ3n) is 3.33. The average Bonchev–Trinajstić information content (AvgIpc) is 2.75. The summed E-state index contributed by atoms with van der Waals surface area (Å²) < 4.78 is 1.94. The molecule has 0 unspecified atom stereocenters. The number of fused-ring (bicyclic) bond motifs is 1. The van der Waals surface area contributed by atoms with Gasteiger partial charge in [0.15, 0.2) is 0 Å². The van der Waals surface area contributed by atoms with Crippen LogP contribution in [0.2, 0.25) is 0 Å². The first-order valence-corrected chi connectivity index (χ1v) is 5.73. The van der Waals surface area contributed by atoms with Gasteiger partial charge in [-0.3, -0.25) is 0 Å². The molecule has 0 fully saturated rings. The van der Waals surface area contributed by atoms with Crippen molar-refractivity contribution in [1.29, 1.82) is 0 Å². The minimum Gasteiger partial charge on any atom is -0.384 e. The van der Waals surface area contributed by atoms with Gasteiger partial charge in [-0.1, -0.05) is 24.3 Å². The molecule has 82 valence electrons. The van der Waals surface area contributed by atoms with Crippen molar-refractivity contribution in [2.24, 2.45) is 0 Å². The molecular weight excluding hydrogens is 198 g/mol. The molecule has 3 nitrogen and oxygen atoms in total. The highest BCUT2D eigenvalue weighted by atomic mass is 15.3. The Morgan fingerprint density at radius 2 is 2.12 bits per heavy atom. The van der Waals surface area contributed by atoms with Gasteiger partial charge in [0.2, 0.25) is 0 Å². The summed E-state index contributed by atoms with van der Waals surface area (Å²) in [4.78, 5) is 0.